The number of hydrogen-bond acceptors (Lipinski definition) is 4. The maximum Gasteiger partial charge on any atom is 0.0587 e. The van der Waals surface area contributed by atoms with Gasteiger partial charge in [-0.15, -0.1) is 0 Å². The van der Waals surface area contributed by atoms with Crippen molar-refractivity contribution in [2.24, 2.45) is 0 Å². The minimum atomic E-state index is 0.553. The molecule has 1 heterocycles. The van der Waals surface area contributed by atoms with Gasteiger partial charge in [0.15, 0.2) is 0 Å². The Hall–Kier alpha value is -1.10. The fourth-order valence-corrected chi connectivity index (χ4v) is 3.07. The fraction of sp³-hybridized carbons (Fsp3) is 0.647. The molecule has 1 saturated heterocycles. The van der Waals surface area contributed by atoms with Crippen molar-refractivity contribution in [3.8, 4) is 0 Å². The molecule has 0 saturated carbocycles. The highest BCUT2D eigenvalue weighted by Crippen LogP contribution is 2.24. The zero-order valence-electron chi connectivity index (χ0n) is 13.6. The summed E-state index contributed by atoms with van der Waals surface area (Å²) in [6.45, 7) is 8.34. The first-order valence-corrected chi connectivity index (χ1v) is 7.95. The van der Waals surface area contributed by atoms with Crippen LogP contribution >= 0.6 is 0 Å². The summed E-state index contributed by atoms with van der Waals surface area (Å²) in [5, 5.41) is 3.46. The molecule has 0 amide bonds. The molecule has 1 aromatic rings. The molecule has 0 bridgehead atoms. The van der Waals surface area contributed by atoms with Gasteiger partial charge >= 0.3 is 0 Å². The number of likely N-dealkylation sites (N-methyl/N-ethyl adjacent to an activating group) is 1. The summed E-state index contributed by atoms with van der Waals surface area (Å²) in [4.78, 5) is 5.00. The molecular formula is C17H29N3O. The van der Waals surface area contributed by atoms with Crippen LogP contribution in [0.1, 0.15) is 18.9 Å². The molecule has 1 aromatic carbocycles. The van der Waals surface area contributed by atoms with Crippen LogP contribution in [0.15, 0.2) is 24.3 Å². The molecule has 4 nitrogen and oxygen atoms in total. The van der Waals surface area contributed by atoms with Gasteiger partial charge in [-0.25, -0.2) is 0 Å². The number of rotatable bonds is 6. The average molecular weight is 291 g/mol. The predicted molar refractivity (Wildman–Crippen MR) is 88.9 cm³/mol. The standard InChI is InChI=1S/C17H29N3O/c1-15-14-19(2)10-6-11-20(15)17-8-5-4-7-16(17)13-18-9-12-21-3/h4-5,7-8,15,18H,6,9-14H2,1-3H3. The van der Waals surface area contributed by atoms with E-state index >= 15 is 0 Å². The zero-order chi connectivity index (χ0) is 15.1. The van der Waals surface area contributed by atoms with Crippen LogP contribution < -0.4 is 10.2 Å². The summed E-state index contributed by atoms with van der Waals surface area (Å²) in [5.74, 6) is 0. The molecule has 2 rings (SSSR count). The highest BCUT2D eigenvalue weighted by Gasteiger charge is 2.21. The summed E-state index contributed by atoms with van der Waals surface area (Å²) >= 11 is 0. The van der Waals surface area contributed by atoms with Gasteiger partial charge < -0.3 is 19.9 Å². The molecule has 1 fully saturated rings. The van der Waals surface area contributed by atoms with Gasteiger partial charge in [-0.3, -0.25) is 0 Å². The van der Waals surface area contributed by atoms with E-state index in [1.165, 1.54) is 24.2 Å². The second-order valence-electron chi connectivity index (χ2n) is 5.96. The molecule has 0 radical (unpaired) electrons. The Kier molecular flexibility index (Phi) is 6.49. The van der Waals surface area contributed by atoms with Gasteiger partial charge in [0.2, 0.25) is 0 Å². The zero-order valence-corrected chi connectivity index (χ0v) is 13.6. The SMILES string of the molecule is COCCNCc1ccccc1N1CCCN(C)CC1C. The van der Waals surface area contributed by atoms with Gasteiger partial charge in [0, 0.05) is 45.0 Å². The van der Waals surface area contributed by atoms with Crippen molar-refractivity contribution in [3.63, 3.8) is 0 Å². The van der Waals surface area contributed by atoms with E-state index in [1.807, 2.05) is 0 Å². The van der Waals surface area contributed by atoms with Crippen LogP contribution in [-0.4, -0.2) is 57.9 Å². The monoisotopic (exact) mass is 291 g/mol. The minimum absolute atomic E-state index is 0.553. The second-order valence-corrected chi connectivity index (χ2v) is 5.96. The molecule has 21 heavy (non-hydrogen) atoms. The molecule has 1 atom stereocenters. The number of hydrogen-bond donors (Lipinski definition) is 1. The van der Waals surface area contributed by atoms with Crippen molar-refractivity contribution in [2.45, 2.75) is 25.9 Å². The van der Waals surface area contributed by atoms with Crippen molar-refractivity contribution >= 4 is 5.69 Å². The smallest absolute Gasteiger partial charge is 0.0587 e. The first-order valence-electron chi connectivity index (χ1n) is 7.95. The topological polar surface area (TPSA) is 27.7 Å². The summed E-state index contributed by atoms with van der Waals surface area (Å²) in [5.41, 5.74) is 2.76. The minimum Gasteiger partial charge on any atom is -0.383 e. The number of ether oxygens (including phenoxy) is 1. The molecule has 1 aliphatic rings. The maximum atomic E-state index is 5.09. The van der Waals surface area contributed by atoms with Gasteiger partial charge in [0.05, 0.1) is 6.61 Å². The van der Waals surface area contributed by atoms with Gasteiger partial charge in [-0.05, 0) is 38.6 Å². The molecule has 0 spiro atoms. The summed E-state index contributed by atoms with van der Waals surface area (Å²) in [6.07, 6.45) is 1.23. The molecule has 118 valence electrons. The lowest BCUT2D eigenvalue weighted by molar-refractivity contribution is 0.199. The highest BCUT2D eigenvalue weighted by atomic mass is 16.5. The van der Waals surface area contributed by atoms with Gasteiger partial charge in [-0.2, -0.15) is 0 Å². The van der Waals surface area contributed by atoms with Crippen LogP contribution in [0.2, 0.25) is 0 Å². The fourth-order valence-electron chi connectivity index (χ4n) is 3.07. The number of methoxy groups -OCH3 is 1. The Labute approximate surface area is 129 Å². The maximum absolute atomic E-state index is 5.09. The normalized spacial score (nSPS) is 20.5. The van der Waals surface area contributed by atoms with Crippen LogP contribution in [0.3, 0.4) is 0 Å². The third-order valence-corrected chi connectivity index (χ3v) is 4.15. The van der Waals surface area contributed by atoms with E-state index in [-0.39, 0.29) is 0 Å². The summed E-state index contributed by atoms with van der Waals surface area (Å²) in [7, 11) is 3.96. The molecule has 1 unspecified atom stereocenters. The van der Waals surface area contributed by atoms with Crippen molar-refractivity contribution in [1.29, 1.82) is 0 Å². The van der Waals surface area contributed by atoms with Crippen LogP contribution in [-0.2, 0) is 11.3 Å². The molecule has 0 aromatic heterocycles. The van der Waals surface area contributed by atoms with Crippen molar-refractivity contribution in [3.05, 3.63) is 29.8 Å². The number of benzene rings is 1. The molecule has 4 heteroatoms. The van der Waals surface area contributed by atoms with Crippen molar-refractivity contribution < 1.29 is 4.74 Å². The third-order valence-electron chi connectivity index (χ3n) is 4.15. The van der Waals surface area contributed by atoms with Crippen LogP contribution in [0.25, 0.3) is 0 Å². The lowest BCUT2D eigenvalue weighted by atomic mass is 10.1. The first-order chi connectivity index (χ1) is 10.2. The Bertz CT molecular complexity index is 424. The molecule has 0 aliphatic carbocycles. The molecule has 1 aliphatic heterocycles. The van der Waals surface area contributed by atoms with Gasteiger partial charge in [-0.1, -0.05) is 18.2 Å². The number of nitrogens with one attached hydrogen (secondary N) is 1. The van der Waals surface area contributed by atoms with Gasteiger partial charge in [0.25, 0.3) is 0 Å². The van der Waals surface area contributed by atoms with E-state index in [4.69, 9.17) is 4.74 Å². The van der Waals surface area contributed by atoms with E-state index in [0.717, 1.165) is 32.8 Å². The number of anilines is 1. The largest absolute Gasteiger partial charge is 0.383 e. The van der Waals surface area contributed by atoms with E-state index in [0.29, 0.717) is 6.04 Å². The Morgan fingerprint density at radius 1 is 1.29 bits per heavy atom. The quantitative estimate of drug-likeness (QED) is 0.811. The predicted octanol–water partition coefficient (Wildman–Crippen LogP) is 1.95. The van der Waals surface area contributed by atoms with E-state index in [2.05, 4.69) is 53.4 Å². The van der Waals surface area contributed by atoms with Crippen LogP contribution in [0, 0.1) is 0 Å². The van der Waals surface area contributed by atoms with E-state index in [1.54, 1.807) is 7.11 Å². The number of nitrogens with zero attached hydrogens (tertiary/aromatic N) is 2. The first kappa shape index (κ1) is 16.3. The lowest BCUT2D eigenvalue weighted by Crippen LogP contribution is -2.38. The second kappa shape index (κ2) is 8.37. The van der Waals surface area contributed by atoms with E-state index < -0.39 is 0 Å². The molecular weight excluding hydrogens is 262 g/mol. The summed E-state index contributed by atoms with van der Waals surface area (Å²) < 4.78 is 5.09. The Morgan fingerprint density at radius 3 is 2.90 bits per heavy atom. The van der Waals surface area contributed by atoms with E-state index in [9.17, 15) is 0 Å². The van der Waals surface area contributed by atoms with Gasteiger partial charge in [0.1, 0.15) is 0 Å². The Morgan fingerprint density at radius 2 is 2.10 bits per heavy atom. The van der Waals surface area contributed by atoms with Crippen molar-refractivity contribution in [1.82, 2.24) is 10.2 Å². The highest BCUT2D eigenvalue weighted by molar-refractivity contribution is 5.54. The Balaban J connectivity index is 2.07. The number of para-hydroxylation sites is 1. The van der Waals surface area contributed by atoms with Crippen LogP contribution in [0.5, 0.6) is 0 Å². The summed E-state index contributed by atoms with van der Waals surface area (Å²) in [6, 6.07) is 9.32. The van der Waals surface area contributed by atoms with Crippen molar-refractivity contribution in [2.75, 3.05) is 51.8 Å². The lowest BCUT2D eigenvalue weighted by Gasteiger charge is -2.32. The third kappa shape index (κ3) is 4.70. The molecule has 1 N–H and O–H groups in total. The van der Waals surface area contributed by atoms with Crippen LogP contribution in [0.4, 0.5) is 5.69 Å². The average Bonchev–Trinajstić information content (AvgIpc) is 2.64.